The van der Waals surface area contributed by atoms with Crippen molar-refractivity contribution in [3.63, 3.8) is 0 Å². The fourth-order valence-corrected chi connectivity index (χ4v) is 4.75. The third kappa shape index (κ3) is 2.05. The molecule has 7 nitrogen and oxygen atoms in total. The minimum absolute atomic E-state index is 0.0320. The Bertz CT molecular complexity index is 1210. The topological polar surface area (TPSA) is 95.7 Å². The lowest BCUT2D eigenvalue weighted by atomic mass is 9.82. The first-order valence-corrected chi connectivity index (χ1v) is 9.21. The normalized spacial score (nSPS) is 22.7. The molecule has 0 unspecified atom stereocenters. The summed E-state index contributed by atoms with van der Waals surface area (Å²) < 4.78 is 2.01. The molecule has 0 bridgehead atoms. The van der Waals surface area contributed by atoms with Gasteiger partial charge in [0.1, 0.15) is 11.3 Å². The molecule has 3 aromatic rings. The van der Waals surface area contributed by atoms with E-state index in [1.165, 1.54) is 4.90 Å². The Hall–Kier alpha value is -3.19. The van der Waals surface area contributed by atoms with Crippen molar-refractivity contribution >= 4 is 39.4 Å². The molecule has 2 aliphatic heterocycles. The van der Waals surface area contributed by atoms with Crippen molar-refractivity contribution in [1.82, 2.24) is 14.5 Å². The SMILES string of the molecule is C[C@@H](O)[C@H]1C(=O)N2C(C(=O)O)=C(c3ccc4c(c3)c3cccnc3n4C)C[C@H]12. The maximum atomic E-state index is 12.4. The Labute approximate surface area is 160 Å². The number of aliphatic hydroxyl groups excluding tert-OH is 1. The lowest BCUT2D eigenvalue weighted by Gasteiger charge is -2.44. The zero-order valence-electron chi connectivity index (χ0n) is 15.5. The van der Waals surface area contributed by atoms with Crippen LogP contribution in [0.4, 0.5) is 0 Å². The van der Waals surface area contributed by atoms with E-state index < -0.39 is 18.0 Å². The molecule has 28 heavy (non-hydrogen) atoms. The van der Waals surface area contributed by atoms with Gasteiger partial charge in [0, 0.05) is 24.0 Å². The molecule has 1 saturated heterocycles. The monoisotopic (exact) mass is 377 g/mol. The zero-order valence-corrected chi connectivity index (χ0v) is 15.5. The van der Waals surface area contributed by atoms with Crippen molar-refractivity contribution < 1.29 is 19.8 Å². The molecular formula is C21H19N3O4. The Morgan fingerprint density at radius 1 is 1.29 bits per heavy atom. The summed E-state index contributed by atoms with van der Waals surface area (Å²) in [6.07, 6.45) is 1.38. The summed E-state index contributed by atoms with van der Waals surface area (Å²) in [5.74, 6) is -1.98. The van der Waals surface area contributed by atoms with Crippen molar-refractivity contribution in [3.05, 3.63) is 47.8 Å². The molecule has 7 heteroatoms. The number of rotatable bonds is 3. The maximum Gasteiger partial charge on any atom is 0.352 e. The van der Waals surface area contributed by atoms with Crippen LogP contribution >= 0.6 is 0 Å². The molecule has 0 spiro atoms. The molecule has 0 radical (unpaired) electrons. The van der Waals surface area contributed by atoms with E-state index in [-0.39, 0.29) is 17.6 Å². The first-order valence-electron chi connectivity index (χ1n) is 9.21. The number of aromatic nitrogens is 2. The van der Waals surface area contributed by atoms with Crippen LogP contribution in [0, 0.1) is 5.92 Å². The van der Waals surface area contributed by atoms with Crippen LogP contribution in [0.25, 0.3) is 27.5 Å². The summed E-state index contributed by atoms with van der Waals surface area (Å²) >= 11 is 0. The molecule has 3 atom stereocenters. The van der Waals surface area contributed by atoms with Crippen LogP contribution in [0.1, 0.15) is 18.9 Å². The number of hydrogen-bond donors (Lipinski definition) is 2. The molecule has 4 heterocycles. The van der Waals surface area contributed by atoms with Gasteiger partial charge in [0.25, 0.3) is 0 Å². The lowest BCUT2D eigenvalue weighted by molar-refractivity contribution is -0.161. The molecule has 1 amide bonds. The van der Waals surface area contributed by atoms with Gasteiger partial charge in [-0.05, 0) is 48.7 Å². The summed E-state index contributed by atoms with van der Waals surface area (Å²) in [5, 5.41) is 21.7. The number of benzene rings is 1. The number of nitrogens with zero attached hydrogens (tertiary/aromatic N) is 3. The van der Waals surface area contributed by atoms with Gasteiger partial charge in [-0.1, -0.05) is 6.07 Å². The lowest BCUT2D eigenvalue weighted by Crippen LogP contribution is -2.61. The number of fused-ring (bicyclic) bond motifs is 4. The number of aliphatic carboxylic acids is 1. The predicted octanol–water partition coefficient (Wildman–Crippen LogP) is 2.13. The summed E-state index contributed by atoms with van der Waals surface area (Å²) in [6, 6.07) is 9.42. The Morgan fingerprint density at radius 3 is 2.79 bits per heavy atom. The van der Waals surface area contributed by atoms with Gasteiger partial charge < -0.3 is 19.7 Å². The second kappa shape index (κ2) is 5.65. The van der Waals surface area contributed by atoms with E-state index in [1.807, 2.05) is 41.9 Å². The standard InChI is InChI=1S/C21H19N3O4/c1-10(25)17-16-9-13(18(21(27)28)24(16)20(17)26)11-5-6-15-14(8-11)12-4-3-7-22-19(12)23(15)2/h3-8,10,16-17,25H,9H2,1-2H3,(H,27,28)/t10-,16-,17-/m1/s1. The quantitative estimate of drug-likeness (QED) is 0.682. The fraction of sp³-hybridized carbons (Fsp3) is 0.286. The highest BCUT2D eigenvalue weighted by molar-refractivity contribution is 6.10. The number of β-lactam (4-membered cyclic amide) rings is 1. The van der Waals surface area contributed by atoms with Gasteiger partial charge in [0.15, 0.2) is 0 Å². The number of pyridine rings is 1. The average molecular weight is 377 g/mol. The minimum atomic E-state index is -1.12. The Kier molecular flexibility index (Phi) is 3.42. The third-order valence-corrected chi connectivity index (χ3v) is 6.03. The highest BCUT2D eigenvalue weighted by Crippen LogP contribution is 2.47. The van der Waals surface area contributed by atoms with Crippen LogP contribution in [0.5, 0.6) is 0 Å². The Morgan fingerprint density at radius 2 is 2.07 bits per heavy atom. The van der Waals surface area contributed by atoms with Crippen LogP contribution < -0.4 is 0 Å². The molecule has 2 N–H and O–H groups in total. The van der Waals surface area contributed by atoms with E-state index in [9.17, 15) is 19.8 Å². The van der Waals surface area contributed by atoms with Gasteiger partial charge in [-0.3, -0.25) is 4.79 Å². The average Bonchev–Trinajstić information content (AvgIpc) is 3.15. The van der Waals surface area contributed by atoms with E-state index in [1.54, 1.807) is 13.1 Å². The molecule has 1 aromatic carbocycles. The van der Waals surface area contributed by atoms with E-state index >= 15 is 0 Å². The molecule has 0 aliphatic carbocycles. The second-order valence-electron chi connectivity index (χ2n) is 7.54. The first-order chi connectivity index (χ1) is 13.4. The third-order valence-electron chi connectivity index (χ3n) is 6.03. The molecular weight excluding hydrogens is 358 g/mol. The van der Waals surface area contributed by atoms with Crippen molar-refractivity contribution in [1.29, 1.82) is 0 Å². The molecule has 2 aliphatic rings. The van der Waals surface area contributed by atoms with E-state index in [4.69, 9.17) is 0 Å². The predicted molar refractivity (Wildman–Crippen MR) is 103 cm³/mol. The van der Waals surface area contributed by atoms with Crippen LogP contribution in [0.15, 0.2) is 42.2 Å². The van der Waals surface area contributed by atoms with Crippen LogP contribution in [-0.2, 0) is 16.6 Å². The number of hydrogen-bond acceptors (Lipinski definition) is 4. The van der Waals surface area contributed by atoms with Crippen LogP contribution in [-0.4, -0.2) is 48.7 Å². The number of carbonyl (C=O) groups is 2. The summed E-state index contributed by atoms with van der Waals surface area (Å²) in [4.78, 5) is 30.1. The number of aliphatic hydroxyl groups is 1. The van der Waals surface area contributed by atoms with Crippen molar-refractivity contribution in [2.75, 3.05) is 0 Å². The summed E-state index contributed by atoms with van der Waals surface area (Å²) in [7, 11) is 1.95. The van der Waals surface area contributed by atoms with E-state index in [2.05, 4.69) is 4.98 Å². The van der Waals surface area contributed by atoms with Crippen LogP contribution in [0.2, 0.25) is 0 Å². The highest BCUT2D eigenvalue weighted by Gasteiger charge is 2.56. The van der Waals surface area contributed by atoms with Gasteiger partial charge in [-0.2, -0.15) is 0 Å². The van der Waals surface area contributed by atoms with Crippen molar-refractivity contribution in [2.24, 2.45) is 13.0 Å². The van der Waals surface area contributed by atoms with Gasteiger partial charge in [-0.25, -0.2) is 9.78 Å². The van der Waals surface area contributed by atoms with Gasteiger partial charge in [-0.15, -0.1) is 0 Å². The molecule has 1 fully saturated rings. The highest BCUT2D eigenvalue weighted by atomic mass is 16.4. The molecule has 2 aromatic heterocycles. The summed E-state index contributed by atoms with van der Waals surface area (Å²) in [6.45, 7) is 1.58. The van der Waals surface area contributed by atoms with E-state index in [0.29, 0.717) is 12.0 Å². The number of aryl methyl sites for hydroxylation is 1. The Balaban J connectivity index is 1.68. The number of amides is 1. The largest absolute Gasteiger partial charge is 0.477 e. The molecule has 142 valence electrons. The van der Waals surface area contributed by atoms with Gasteiger partial charge in [0.05, 0.1) is 23.6 Å². The smallest absolute Gasteiger partial charge is 0.352 e. The van der Waals surface area contributed by atoms with E-state index in [0.717, 1.165) is 27.5 Å². The van der Waals surface area contributed by atoms with Gasteiger partial charge >= 0.3 is 5.97 Å². The van der Waals surface area contributed by atoms with Crippen molar-refractivity contribution in [2.45, 2.75) is 25.5 Å². The van der Waals surface area contributed by atoms with Crippen molar-refractivity contribution in [3.8, 4) is 0 Å². The number of carboxylic acid groups (broad SMARTS) is 1. The number of carboxylic acids is 1. The second-order valence-corrected chi connectivity index (χ2v) is 7.54. The maximum absolute atomic E-state index is 12.4. The fourth-order valence-electron chi connectivity index (χ4n) is 4.75. The number of carbonyl (C=O) groups excluding carboxylic acids is 1. The zero-order chi connectivity index (χ0) is 19.7. The molecule has 5 rings (SSSR count). The minimum Gasteiger partial charge on any atom is -0.477 e. The molecule has 0 saturated carbocycles. The van der Waals surface area contributed by atoms with Crippen LogP contribution in [0.3, 0.4) is 0 Å². The van der Waals surface area contributed by atoms with Gasteiger partial charge in [0.2, 0.25) is 5.91 Å². The first kappa shape index (κ1) is 16.9. The summed E-state index contributed by atoms with van der Waals surface area (Å²) in [5.41, 5.74) is 3.32.